The van der Waals surface area contributed by atoms with Crippen molar-refractivity contribution in [3.05, 3.63) is 71.1 Å². The molecule has 27 heavy (non-hydrogen) atoms. The normalized spacial score (nSPS) is 10.5. The number of aromatic amines is 1. The van der Waals surface area contributed by atoms with Crippen LogP contribution in [0.3, 0.4) is 0 Å². The number of amides is 2. The highest BCUT2D eigenvalue weighted by Crippen LogP contribution is 2.23. The van der Waals surface area contributed by atoms with E-state index >= 15 is 0 Å². The minimum absolute atomic E-state index is 0.165. The molecule has 0 aliphatic rings. The van der Waals surface area contributed by atoms with E-state index in [4.69, 9.17) is 11.6 Å². The third kappa shape index (κ3) is 4.51. The number of nitrogens with zero attached hydrogens (tertiary/aromatic N) is 2. The summed E-state index contributed by atoms with van der Waals surface area (Å²) < 4.78 is 12.9. The first-order chi connectivity index (χ1) is 12.9. The fraction of sp³-hybridized carbons (Fsp3) is 0.105. The summed E-state index contributed by atoms with van der Waals surface area (Å²) in [6.45, 7) is -0.165. The van der Waals surface area contributed by atoms with Crippen molar-refractivity contribution in [1.29, 1.82) is 0 Å². The highest BCUT2D eigenvalue weighted by atomic mass is 35.5. The monoisotopic (exact) mass is 386 g/mol. The number of hydrogen-bond donors (Lipinski definition) is 2. The largest absolute Gasteiger partial charge is 0.332 e. The fourth-order valence-electron chi connectivity index (χ4n) is 2.51. The zero-order chi connectivity index (χ0) is 19.4. The number of nitrogens with one attached hydrogen (secondary N) is 2. The Balaban J connectivity index is 1.69. The lowest BCUT2D eigenvalue weighted by atomic mass is 10.1. The Morgan fingerprint density at radius 2 is 1.81 bits per heavy atom. The molecule has 138 valence electrons. The maximum absolute atomic E-state index is 12.9. The maximum Gasteiger partial charge on any atom is 0.257 e. The number of carbonyl (C=O) groups is 2. The standard InChI is InChI=1S/C19H16ClFN4O2/c1-25(11-17(26)23-15-8-6-14(21)7-9-15)19(27)16-10-22-24-18(16)12-2-4-13(20)5-3-12/h2-10H,11H2,1H3,(H,22,24)(H,23,26). The van der Waals surface area contributed by atoms with Crippen LogP contribution in [0.4, 0.5) is 10.1 Å². The molecule has 0 aliphatic heterocycles. The minimum Gasteiger partial charge on any atom is -0.332 e. The number of benzene rings is 2. The van der Waals surface area contributed by atoms with E-state index in [2.05, 4.69) is 15.5 Å². The van der Waals surface area contributed by atoms with Gasteiger partial charge in [-0.25, -0.2) is 4.39 Å². The van der Waals surface area contributed by atoms with E-state index in [0.717, 1.165) is 5.56 Å². The molecule has 0 saturated carbocycles. The van der Waals surface area contributed by atoms with Gasteiger partial charge in [-0.05, 0) is 36.4 Å². The topological polar surface area (TPSA) is 78.1 Å². The van der Waals surface area contributed by atoms with Crippen LogP contribution in [0.25, 0.3) is 11.3 Å². The van der Waals surface area contributed by atoms with Gasteiger partial charge in [0.25, 0.3) is 5.91 Å². The van der Waals surface area contributed by atoms with Crippen LogP contribution in [0.2, 0.25) is 5.02 Å². The van der Waals surface area contributed by atoms with E-state index in [0.29, 0.717) is 22.0 Å². The second-order valence-corrected chi connectivity index (χ2v) is 6.32. The number of anilines is 1. The summed E-state index contributed by atoms with van der Waals surface area (Å²) in [6, 6.07) is 12.4. The van der Waals surface area contributed by atoms with Gasteiger partial charge in [0.1, 0.15) is 5.82 Å². The number of rotatable bonds is 5. The summed E-state index contributed by atoms with van der Waals surface area (Å²) in [5.74, 6) is -1.15. The minimum atomic E-state index is -0.394. The van der Waals surface area contributed by atoms with Gasteiger partial charge in [-0.2, -0.15) is 5.10 Å². The summed E-state index contributed by atoms with van der Waals surface area (Å²) in [5.41, 5.74) is 2.09. The summed E-state index contributed by atoms with van der Waals surface area (Å²) in [4.78, 5) is 26.1. The van der Waals surface area contributed by atoms with Crippen molar-refractivity contribution < 1.29 is 14.0 Å². The lowest BCUT2D eigenvalue weighted by Crippen LogP contribution is -2.35. The van der Waals surface area contributed by atoms with E-state index < -0.39 is 11.7 Å². The number of aromatic nitrogens is 2. The molecule has 3 rings (SSSR count). The Morgan fingerprint density at radius 3 is 2.48 bits per heavy atom. The molecule has 3 aromatic rings. The summed E-state index contributed by atoms with van der Waals surface area (Å²) in [5, 5.41) is 9.94. The molecule has 0 fully saturated rings. The summed E-state index contributed by atoms with van der Waals surface area (Å²) in [6.07, 6.45) is 1.42. The van der Waals surface area contributed by atoms with Gasteiger partial charge in [-0.1, -0.05) is 23.7 Å². The molecule has 2 N–H and O–H groups in total. The number of hydrogen-bond acceptors (Lipinski definition) is 3. The number of likely N-dealkylation sites (N-methyl/N-ethyl adjacent to an activating group) is 1. The average Bonchev–Trinajstić information content (AvgIpc) is 3.13. The highest BCUT2D eigenvalue weighted by molar-refractivity contribution is 6.30. The van der Waals surface area contributed by atoms with Gasteiger partial charge < -0.3 is 10.2 Å². The van der Waals surface area contributed by atoms with Crippen molar-refractivity contribution >= 4 is 29.1 Å². The van der Waals surface area contributed by atoms with Crippen LogP contribution >= 0.6 is 11.6 Å². The number of H-pyrrole nitrogens is 1. The molecule has 0 aliphatic carbocycles. The van der Waals surface area contributed by atoms with Crippen molar-refractivity contribution in [3.8, 4) is 11.3 Å². The molecular weight excluding hydrogens is 371 g/mol. The predicted molar refractivity (Wildman–Crippen MR) is 101 cm³/mol. The van der Waals surface area contributed by atoms with E-state index in [1.807, 2.05) is 0 Å². The van der Waals surface area contributed by atoms with Crippen LogP contribution in [0.15, 0.2) is 54.7 Å². The van der Waals surface area contributed by atoms with Crippen LogP contribution in [0.5, 0.6) is 0 Å². The third-order valence-corrected chi connectivity index (χ3v) is 4.11. The van der Waals surface area contributed by atoms with Gasteiger partial charge in [0.05, 0.1) is 24.0 Å². The maximum atomic E-state index is 12.9. The zero-order valence-corrected chi connectivity index (χ0v) is 15.1. The fourth-order valence-corrected chi connectivity index (χ4v) is 2.64. The van der Waals surface area contributed by atoms with Crippen molar-refractivity contribution in [2.24, 2.45) is 0 Å². The first-order valence-corrected chi connectivity index (χ1v) is 8.42. The summed E-state index contributed by atoms with van der Waals surface area (Å²) in [7, 11) is 1.52. The van der Waals surface area contributed by atoms with Gasteiger partial charge in [0.2, 0.25) is 5.91 Å². The van der Waals surface area contributed by atoms with Crippen molar-refractivity contribution in [3.63, 3.8) is 0 Å². The van der Waals surface area contributed by atoms with Crippen LogP contribution in [-0.4, -0.2) is 40.5 Å². The molecule has 2 amide bonds. The second-order valence-electron chi connectivity index (χ2n) is 5.88. The van der Waals surface area contributed by atoms with Crippen LogP contribution < -0.4 is 5.32 Å². The number of halogens is 2. The van der Waals surface area contributed by atoms with Crippen LogP contribution in [-0.2, 0) is 4.79 Å². The van der Waals surface area contributed by atoms with Gasteiger partial charge in [-0.15, -0.1) is 0 Å². The van der Waals surface area contributed by atoms with E-state index in [1.54, 1.807) is 24.3 Å². The first-order valence-electron chi connectivity index (χ1n) is 8.04. The summed E-state index contributed by atoms with van der Waals surface area (Å²) >= 11 is 5.89. The van der Waals surface area contributed by atoms with Gasteiger partial charge >= 0.3 is 0 Å². The molecule has 8 heteroatoms. The Morgan fingerprint density at radius 1 is 1.15 bits per heavy atom. The molecule has 0 spiro atoms. The van der Waals surface area contributed by atoms with Gasteiger partial charge in [-0.3, -0.25) is 14.7 Å². The zero-order valence-electron chi connectivity index (χ0n) is 14.4. The smallest absolute Gasteiger partial charge is 0.257 e. The lowest BCUT2D eigenvalue weighted by molar-refractivity contribution is -0.116. The molecule has 0 atom stereocenters. The quantitative estimate of drug-likeness (QED) is 0.703. The number of carbonyl (C=O) groups excluding carboxylic acids is 2. The van der Waals surface area contributed by atoms with E-state index in [-0.39, 0.29) is 12.5 Å². The van der Waals surface area contributed by atoms with Crippen molar-refractivity contribution in [1.82, 2.24) is 15.1 Å². The van der Waals surface area contributed by atoms with Gasteiger partial charge in [0, 0.05) is 23.3 Å². The molecule has 2 aromatic carbocycles. The highest BCUT2D eigenvalue weighted by Gasteiger charge is 2.20. The van der Waals surface area contributed by atoms with E-state index in [9.17, 15) is 14.0 Å². The molecule has 6 nitrogen and oxygen atoms in total. The third-order valence-electron chi connectivity index (χ3n) is 3.86. The Bertz CT molecular complexity index is 955. The lowest BCUT2D eigenvalue weighted by Gasteiger charge is -2.17. The molecule has 0 radical (unpaired) electrons. The molecule has 1 heterocycles. The molecular formula is C19H16ClFN4O2. The van der Waals surface area contributed by atoms with Crippen molar-refractivity contribution in [2.75, 3.05) is 18.9 Å². The Kier molecular flexibility index (Phi) is 5.52. The SMILES string of the molecule is CN(CC(=O)Nc1ccc(F)cc1)C(=O)c1cn[nH]c1-c1ccc(Cl)cc1. The Labute approximate surface area is 160 Å². The molecule has 0 unspecified atom stereocenters. The van der Waals surface area contributed by atoms with Crippen LogP contribution in [0, 0.1) is 5.82 Å². The first kappa shape index (κ1) is 18.6. The van der Waals surface area contributed by atoms with Crippen molar-refractivity contribution in [2.45, 2.75) is 0 Å². The predicted octanol–water partition coefficient (Wildman–Crippen LogP) is 3.58. The Hall–Kier alpha value is -3.19. The molecule has 0 saturated heterocycles. The van der Waals surface area contributed by atoms with Gasteiger partial charge in [0.15, 0.2) is 0 Å². The van der Waals surface area contributed by atoms with E-state index in [1.165, 1.54) is 42.4 Å². The molecule has 0 bridgehead atoms. The second kappa shape index (κ2) is 8.01. The average molecular weight is 387 g/mol. The van der Waals surface area contributed by atoms with Crippen LogP contribution in [0.1, 0.15) is 10.4 Å². The molecule has 1 aromatic heterocycles.